The molecule has 1 rings (SSSR count). The molecule has 2 amide bonds. The summed E-state index contributed by atoms with van der Waals surface area (Å²) in [5.41, 5.74) is 0.341. The highest BCUT2D eigenvalue weighted by molar-refractivity contribution is 6.33. The molecule has 3 N–H and O–H groups in total. The Morgan fingerprint density at radius 3 is 2.65 bits per heavy atom. The highest BCUT2D eigenvalue weighted by atomic mass is 35.5. The van der Waals surface area contributed by atoms with Crippen molar-refractivity contribution in [3.63, 3.8) is 0 Å². The molecule has 7 heteroatoms. The molecule has 0 bridgehead atoms. The van der Waals surface area contributed by atoms with Gasteiger partial charge in [-0.2, -0.15) is 0 Å². The van der Waals surface area contributed by atoms with Crippen molar-refractivity contribution in [2.24, 2.45) is 0 Å². The van der Waals surface area contributed by atoms with Gasteiger partial charge in [0, 0.05) is 32.3 Å². The number of nitrogens with one attached hydrogen (secondary N) is 3. The molecule has 0 aliphatic carbocycles. The van der Waals surface area contributed by atoms with Gasteiger partial charge in [-0.1, -0.05) is 11.6 Å². The number of aromatic nitrogens is 1. The summed E-state index contributed by atoms with van der Waals surface area (Å²) >= 11 is 5.95. The van der Waals surface area contributed by atoms with Gasteiger partial charge in [-0.05, 0) is 19.9 Å². The van der Waals surface area contributed by atoms with Gasteiger partial charge in [-0.3, -0.25) is 9.59 Å². The van der Waals surface area contributed by atoms with Gasteiger partial charge in [0.1, 0.15) is 5.82 Å². The maximum Gasteiger partial charge on any atom is 0.253 e. The molecule has 0 saturated carbocycles. The van der Waals surface area contributed by atoms with Crippen LogP contribution in [0.2, 0.25) is 5.02 Å². The van der Waals surface area contributed by atoms with Crippen LogP contribution in [0.15, 0.2) is 12.3 Å². The van der Waals surface area contributed by atoms with Crippen LogP contribution in [-0.4, -0.2) is 36.4 Å². The number of hydrogen-bond acceptors (Lipinski definition) is 4. The third-order valence-electron chi connectivity index (χ3n) is 2.47. The van der Waals surface area contributed by atoms with Gasteiger partial charge < -0.3 is 16.0 Å². The van der Waals surface area contributed by atoms with Crippen LogP contribution in [-0.2, 0) is 4.79 Å². The van der Waals surface area contributed by atoms with Gasteiger partial charge >= 0.3 is 0 Å². The predicted molar refractivity (Wildman–Crippen MR) is 79.0 cm³/mol. The molecule has 0 atom stereocenters. The van der Waals surface area contributed by atoms with Gasteiger partial charge in [-0.25, -0.2) is 4.98 Å². The maximum absolute atomic E-state index is 12.0. The molecule has 1 heterocycles. The Labute approximate surface area is 123 Å². The fourth-order valence-electron chi connectivity index (χ4n) is 1.56. The van der Waals surface area contributed by atoms with Gasteiger partial charge in [0.2, 0.25) is 5.91 Å². The molecule has 110 valence electrons. The molecule has 20 heavy (non-hydrogen) atoms. The average Bonchev–Trinajstić information content (AvgIpc) is 2.41. The smallest absolute Gasteiger partial charge is 0.253 e. The SMILES string of the molecule is CCNC(=O)CCNC(=O)c1cc(NCC)ncc1Cl. The largest absolute Gasteiger partial charge is 0.370 e. The van der Waals surface area contributed by atoms with E-state index in [4.69, 9.17) is 11.6 Å². The molecular weight excluding hydrogens is 280 g/mol. The van der Waals surface area contributed by atoms with Crippen molar-refractivity contribution in [2.45, 2.75) is 20.3 Å². The van der Waals surface area contributed by atoms with Crippen molar-refractivity contribution in [2.75, 3.05) is 25.0 Å². The minimum absolute atomic E-state index is 0.0954. The van der Waals surface area contributed by atoms with Crippen LogP contribution in [0.4, 0.5) is 5.82 Å². The predicted octanol–water partition coefficient (Wildman–Crippen LogP) is 1.42. The fraction of sp³-hybridized carbons (Fsp3) is 0.462. The zero-order chi connectivity index (χ0) is 15.0. The Bertz CT molecular complexity index is 479. The third-order valence-corrected chi connectivity index (χ3v) is 2.77. The third kappa shape index (κ3) is 5.05. The van der Waals surface area contributed by atoms with Gasteiger partial charge in [0.15, 0.2) is 0 Å². The molecule has 1 aromatic rings. The first kappa shape index (κ1) is 16.2. The molecule has 0 aromatic carbocycles. The van der Waals surface area contributed by atoms with E-state index in [1.807, 2.05) is 13.8 Å². The summed E-state index contributed by atoms with van der Waals surface area (Å²) in [5.74, 6) is 0.175. The summed E-state index contributed by atoms with van der Waals surface area (Å²) < 4.78 is 0. The maximum atomic E-state index is 12.0. The summed E-state index contributed by atoms with van der Waals surface area (Å²) in [6.45, 7) is 5.32. The standard InChI is InChI=1S/C13H19ClN4O2/c1-3-15-11-7-9(10(14)8-18-11)13(20)17-6-5-12(19)16-4-2/h7-8H,3-6H2,1-2H3,(H,15,18)(H,16,19)(H,17,20). The van der Waals surface area contributed by atoms with Crippen molar-refractivity contribution in [3.8, 4) is 0 Å². The van der Waals surface area contributed by atoms with E-state index in [0.717, 1.165) is 0 Å². The number of anilines is 1. The van der Waals surface area contributed by atoms with Crippen LogP contribution >= 0.6 is 11.6 Å². The van der Waals surface area contributed by atoms with E-state index in [1.165, 1.54) is 6.20 Å². The van der Waals surface area contributed by atoms with Crippen LogP contribution in [0.25, 0.3) is 0 Å². The zero-order valence-corrected chi connectivity index (χ0v) is 12.4. The lowest BCUT2D eigenvalue weighted by molar-refractivity contribution is -0.120. The van der Waals surface area contributed by atoms with Crippen LogP contribution in [0, 0.1) is 0 Å². The number of carbonyl (C=O) groups excluding carboxylic acids is 2. The van der Waals surface area contributed by atoms with E-state index in [0.29, 0.717) is 24.5 Å². The van der Waals surface area contributed by atoms with E-state index in [1.54, 1.807) is 6.07 Å². The monoisotopic (exact) mass is 298 g/mol. The van der Waals surface area contributed by atoms with Gasteiger partial charge in [-0.15, -0.1) is 0 Å². The van der Waals surface area contributed by atoms with Crippen LogP contribution < -0.4 is 16.0 Å². The Kier molecular flexibility index (Phi) is 6.79. The van der Waals surface area contributed by atoms with E-state index >= 15 is 0 Å². The van der Waals surface area contributed by atoms with Gasteiger partial charge in [0.25, 0.3) is 5.91 Å². The van der Waals surface area contributed by atoms with Crippen molar-refractivity contribution in [1.29, 1.82) is 0 Å². The summed E-state index contributed by atoms with van der Waals surface area (Å²) in [4.78, 5) is 27.3. The molecule has 0 unspecified atom stereocenters. The zero-order valence-electron chi connectivity index (χ0n) is 11.6. The van der Waals surface area contributed by atoms with Crippen molar-refractivity contribution < 1.29 is 9.59 Å². The summed E-state index contributed by atoms with van der Waals surface area (Å²) in [6.07, 6.45) is 1.67. The van der Waals surface area contributed by atoms with Crippen molar-refractivity contribution >= 4 is 29.2 Å². The summed E-state index contributed by atoms with van der Waals surface area (Å²) in [6, 6.07) is 1.59. The Balaban J connectivity index is 2.58. The number of pyridine rings is 1. The van der Waals surface area contributed by atoms with Crippen molar-refractivity contribution in [1.82, 2.24) is 15.6 Å². The van der Waals surface area contributed by atoms with E-state index < -0.39 is 0 Å². The lowest BCUT2D eigenvalue weighted by Gasteiger charge is -2.09. The minimum Gasteiger partial charge on any atom is -0.370 e. The minimum atomic E-state index is -0.319. The second-order valence-corrected chi connectivity index (χ2v) is 4.45. The first-order valence-corrected chi connectivity index (χ1v) is 6.90. The second-order valence-electron chi connectivity index (χ2n) is 4.04. The highest BCUT2D eigenvalue weighted by Gasteiger charge is 2.12. The number of nitrogens with zero attached hydrogens (tertiary/aromatic N) is 1. The Morgan fingerprint density at radius 1 is 1.25 bits per heavy atom. The molecule has 0 fully saturated rings. The number of halogens is 1. The molecule has 1 aromatic heterocycles. The quantitative estimate of drug-likeness (QED) is 0.711. The first-order valence-electron chi connectivity index (χ1n) is 6.52. The molecule has 0 spiro atoms. The lowest BCUT2D eigenvalue weighted by Crippen LogP contribution is -2.30. The van der Waals surface area contributed by atoms with Crippen molar-refractivity contribution in [3.05, 3.63) is 22.8 Å². The lowest BCUT2D eigenvalue weighted by atomic mass is 10.2. The molecule has 0 saturated heterocycles. The number of carbonyl (C=O) groups is 2. The Hall–Kier alpha value is -1.82. The van der Waals surface area contributed by atoms with E-state index in [9.17, 15) is 9.59 Å². The highest BCUT2D eigenvalue weighted by Crippen LogP contribution is 2.17. The number of rotatable bonds is 7. The van der Waals surface area contributed by atoms with E-state index in [-0.39, 0.29) is 29.8 Å². The fourth-order valence-corrected chi connectivity index (χ4v) is 1.75. The number of amides is 2. The first-order chi connectivity index (χ1) is 9.58. The average molecular weight is 299 g/mol. The Morgan fingerprint density at radius 2 is 2.00 bits per heavy atom. The van der Waals surface area contributed by atoms with Crippen LogP contribution in [0.1, 0.15) is 30.6 Å². The molecular formula is C13H19ClN4O2. The number of hydrogen-bond donors (Lipinski definition) is 3. The topological polar surface area (TPSA) is 83.1 Å². The van der Waals surface area contributed by atoms with Gasteiger partial charge in [0.05, 0.1) is 10.6 Å². The van der Waals surface area contributed by atoms with E-state index in [2.05, 4.69) is 20.9 Å². The van der Waals surface area contributed by atoms with Crippen LogP contribution in [0.5, 0.6) is 0 Å². The molecule has 6 nitrogen and oxygen atoms in total. The van der Waals surface area contributed by atoms with Crippen LogP contribution in [0.3, 0.4) is 0 Å². The summed E-state index contributed by atoms with van der Waals surface area (Å²) in [7, 11) is 0. The molecule has 0 aliphatic rings. The summed E-state index contributed by atoms with van der Waals surface area (Å²) in [5, 5.41) is 8.61. The normalized spacial score (nSPS) is 9.95. The molecule has 0 aliphatic heterocycles. The molecule has 0 radical (unpaired) electrons. The second kappa shape index (κ2) is 8.37.